The number of carbonyl (C=O) groups excluding carboxylic acids is 1. The van der Waals surface area contributed by atoms with Crippen molar-refractivity contribution < 1.29 is 4.79 Å². The van der Waals surface area contributed by atoms with E-state index in [1.165, 1.54) is 10.4 Å². The molecule has 0 saturated carbocycles. The molecule has 2 heterocycles. The molecule has 0 fully saturated rings. The van der Waals surface area contributed by atoms with Crippen LogP contribution in [0.1, 0.15) is 41.8 Å². The quantitative estimate of drug-likeness (QED) is 0.702. The maximum absolute atomic E-state index is 12.9. The first-order valence-electron chi connectivity index (χ1n) is 8.63. The first kappa shape index (κ1) is 18.7. The molecule has 0 saturated heterocycles. The Bertz CT molecular complexity index is 747. The number of amides is 1. The van der Waals surface area contributed by atoms with Crippen molar-refractivity contribution in [3.63, 3.8) is 0 Å². The summed E-state index contributed by atoms with van der Waals surface area (Å²) < 4.78 is 0. The highest BCUT2D eigenvalue weighted by Gasteiger charge is 2.33. The number of thiophene rings is 1. The van der Waals surface area contributed by atoms with Crippen LogP contribution in [0, 0.1) is 0 Å². The lowest BCUT2D eigenvalue weighted by atomic mass is 9.93. The highest BCUT2D eigenvalue weighted by atomic mass is 35.5. The normalized spacial score (nSPS) is 16.8. The summed E-state index contributed by atoms with van der Waals surface area (Å²) in [6.07, 6.45) is 3.09. The van der Waals surface area contributed by atoms with Gasteiger partial charge >= 0.3 is 0 Å². The number of rotatable bonds is 6. The minimum atomic E-state index is -0.139. The van der Waals surface area contributed by atoms with Crippen LogP contribution >= 0.6 is 34.5 Å². The van der Waals surface area contributed by atoms with Crippen LogP contribution in [0.15, 0.2) is 29.6 Å². The molecule has 2 aromatic rings. The minimum Gasteiger partial charge on any atom is -0.330 e. The summed E-state index contributed by atoms with van der Waals surface area (Å²) in [6, 6.07) is 7.50. The minimum absolute atomic E-state index is 0.115. The summed E-state index contributed by atoms with van der Waals surface area (Å²) in [5.41, 5.74) is 2.12. The van der Waals surface area contributed by atoms with E-state index in [4.69, 9.17) is 23.2 Å². The average Bonchev–Trinajstić information content (AvgIpc) is 3.07. The number of nitrogens with one attached hydrogen (secondary N) is 1. The molecular weight excluding hydrogens is 375 g/mol. The number of fused-ring (bicyclic) bond motifs is 1. The van der Waals surface area contributed by atoms with E-state index in [2.05, 4.69) is 23.7 Å². The van der Waals surface area contributed by atoms with Gasteiger partial charge in [-0.05, 0) is 54.1 Å². The number of carbonyl (C=O) groups is 1. The fraction of sp³-hybridized carbons (Fsp3) is 0.421. The highest BCUT2D eigenvalue weighted by molar-refractivity contribution is 7.10. The molecule has 25 heavy (non-hydrogen) atoms. The van der Waals surface area contributed by atoms with Crippen LogP contribution < -0.4 is 5.32 Å². The van der Waals surface area contributed by atoms with Crippen molar-refractivity contribution in [2.45, 2.75) is 32.2 Å². The zero-order chi connectivity index (χ0) is 17.8. The van der Waals surface area contributed by atoms with Gasteiger partial charge < -0.3 is 10.2 Å². The zero-order valence-electron chi connectivity index (χ0n) is 14.2. The number of unbranched alkanes of at least 4 members (excludes halogenated alkanes) is 1. The maximum Gasteiger partial charge on any atom is 0.237 e. The van der Waals surface area contributed by atoms with Gasteiger partial charge in [-0.1, -0.05) is 42.6 Å². The van der Waals surface area contributed by atoms with Crippen molar-refractivity contribution in [3.8, 4) is 0 Å². The molecule has 1 aromatic heterocycles. The fourth-order valence-corrected chi connectivity index (χ4v) is 4.66. The molecule has 6 heteroatoms. The molecule has 1 unspecified atom stereocenters. The van der Waals surface area contributed by atoms with Gasteiger partial charge in [0, 0.05) is 21.5 Å². The van der Waals surface area contributed by atoms with E-state index >= 15 is 0 Å². The van der Waals surface area contributed by atoms with Crippen LogP contribution in [0.25, 0.3) is 0 Å². The lowest BCUT2D eigenvalue weighted by Crippen LogP contribution is -2.44. The van der Waals surface area contributed by atoms with Gasteiger partial charge in [-0.2, -0.15) is 0 Å². The molecule has 134 valence electrons. The Morgan fingerprint density at radius 1 is 1.32 bits per heavy atom. The summed E-state index contributed by atoms with van der Waals surface area (Å²) >= 11 is 14.3. The topological polar surface area (TPSA) is 32.3 Å². The van der Waals surface area contributed by atoms with E-state index in [1.54, 1.807) is 17.4 Å². The van der Waals surface area contributed by atoms with E-state index in [0.717, 1.165) is 31.4 Å². The van der Waals surface area contributed by atoms with Crippen LogP contribution in [0.4, 0.5) is 0 Å². The molecule has 1 N–H and O–H groups in total. The van der Waals surface area contributed by atoms with Crippen LogP contribution in [-0.4, -0.2) is 30.4 Å². The van der Waals surface area contributed by atoms with Crippen molar-refractivity contribution in [2.24, 2.45) is 0 Å². The van der Waals surface area contributed by atoms with Crippen LogP contribution in [0.3, 0.4) is 0 Å². The van der Waals surface area contributed by atoms with Crippen LogP contribution in [-0.2, 0) is 11.2 Å². The predicted octanol–water partition coefficient (Wildman–Crippen LogP) is 4.92. The lowest BCUT2D eigenvalue weighted by Gasteiger charge is -2.37. The number of hydrogen-bond acceptors (Lipinski definition) is 3. The third-order valence-corrected chi connectivity index (χ3v) is 6.09. The third kappa shape index (κ3) is 4.20. The molecule has 0 aliphatic carbocycles. The molecule has 0 bridgehead atoms. The largest absolute Gasteiger partial charge is 0.330 e. The summed E-state index contributed by atoms with van der Waals surface area (Å²) in [5, 5.41) is 6.56. The Hall–Kier alpha value is -1.07. The van der Waals surface area contributed by atoms with Gasteiger partial charge in [0.05, 0.1) is 12.6 Å². The maximum atomic E-state index is 12.9. The average molecular weight is 397 g/mol. The molecule has 3 nitrogen and oxygen atoms in total. The standard InChI is InChI=1S/C19H22Cl2N2OS/c1-2-3-8-22-12-18(24)23-9-6-17-15(7-10-25-17)19(23)14-5-4-13(20)11-16(14)21/h4-5,7,10-11,19,22H,2-3,6,8-9,12H2,1H3. The molecule has 3 rings (SSSR count). The second-order valence-electron chi connectivity index (χ2n) is 6.23. The number of nitrogens with zero attached hydrogens (tertiary/aromatic N) is 1. The van der Waals surface area contributed by atoms with Crippen molar-refractivity contribution in [1.29, 1.82) is 0 Å². The Balaban J connectivity index is 1.88. The van der Waals surface area contributed by atoms with E-state index in [1.807, 2.05) is 17.0 Å². The Kier molecular flexibility index (Phi) is 6.39. The van der Waals surface area contributed by atoms with E-state index in [-0.39, 0.29) is 11.9 Å². The molecule has 1 amide bonds. The van der Waals surface area contributed by atoms with Crippen molar-refractivity contribution >= 4 is 40.4 Å². The SMILES string of the molecule is CCCCNCC(=O)N1CCc2sccc2C1c1ccc(Cl)cc1Cl. The molecule has 0 spiro atoms. The molecule has 1 atom stereocenters. The van der Waals surface area contributed by atoms with Gasteiger partial charge in [-0.25, -0.2) is 0 Å². The van der Waals surface area contributed by atoms with E-state index in [9.17, 15) is 4.79 Å². The Labute approximate surface area is 162 Å². The predicted molar refractivity (Wildman–Crippen MR) is 106 cm³/mol. The molecule has 0 radical (unpaired) electrons. The zero-order valence-corrected chi connectivity index (χ0v) is 16.6. The lowest BCUT2D eigenvalue weighted by molar-refractivity contribution is -0.132. The molecular formula is C19H22Cl2N2OS. The number of hydrogen-bond donors (Lipinski definition) is 1. The van der Waals surface area contributed by atoms with Crippen molar-refractivity contribution in [2.75, 3.05) is 19.6 Å². The second-order valence-corrected chi connectivity index (χ2v) is 8.08. The van der Waals surface area contributed by atoms with Gasteiger partial charge in [0.25, 0.3) is 0 Å². The monoisotopic (exact) mass is 396 g/mol. The summed E-state index contributed by atoms with van der Waals surface area (Å²) in [4.78, 5) is 16.1. The Morgan fingerprint density at radius 3 is 2.92 bits per heavy atom. The van der Waals surface area contributed by atoms with Gasteiger partial charge in [0.15, 0.2) is 0 Å². The van der Waals surface area contributed by atoms with Gasteiger partial charge in [0.1, 0.15) is 0 Å². The first-order chi connectivity index (χ1) is 12.1. The van der Waals surface area contributed by atoms with Gasteiger partial charge in [0.2, 0.25) is 5.91 Å². The highest BCUT2D eigenvalue weighted by Crippen LogP contribution is 2.40. The van der Waals surface area contributed by atoms with E-state index in [0.29, 0.717) is 23.1 Å². The second kappa shape index (κ2) is 8.54. The van der Waals surface area contributed by atoms with Crippen molar-refractivity contribution in [1.82, 2.24) is 10.2 Å². The molecule has 1 aliphatic rings. The summed E-state index contributed by atoms with van der Waals surface area (Å²) in [5.74, 6) is 0.115. The summed E-state index contributed by atoms with van der Waals surface area (Å²) in [6.45, 7) is 4.09. The van der Waals surface area contributed by atoms with Gasteiger partial charge in [-0.15, -0.1) is 11.3 Å². The van der Waals surface area contributed by atoms with Crippen LogP contribution in [0.5, 0.6) is 0 Å². The van der Waals surface area contributed by atoms with Gasteiger partial charge in [-0.3, -0.25) is 4.79 Å². The van der Waals surface area contributed by atoms with E-state index < -0.39 is 0 Å². The first-order valence-corrected chi connectivity index (χ1v) is 10.3. The Morgan fingerprint density at radius 2 is 2.16 bits per heavy atom. The smallest absolute Gasteiger partial charge is 0.237 e. The number of benzene rings is 1. The van der Waals surface area contributed by atoms with Crippen molar-refractivity contribution in [3.05, 3.63) is 55.7 Å². The molecule has 1 aliphatic heterocycles. The third-order valence-electron chi connectivity index (χ3n) is 4.53. The molecule has 1 aromatic carbocycles. The van der Waals surface area contributed by atoms with Crippen LogP contribution in [0.2, 0.25) is 10.0 Å². The fourth-order valence-electron chi connectivity index (χ4n) is 3.24. The number of halogens is 2. The summed E-state index contributed by atoms with van der Waals surface area (Å²) in [7, 11) is 0.